The van der Waals surface area contributed by atoms with Crippen LogP contribution in [0.1, 0.15) is 53.0 Å². The highest BCUT2D eigenvalue weighted by molar-refractivity contribution is 5.99. The van der Waals surface area contributed by atoms with Crippen molar-refractivity contribution in [1.29, 1.82) is 0 Å². The van der Waals surface area contributed by atoms with Gasteiger partial charge in [0.15, 0.2) is 5.78 Å². The Balaban J connectivity index is 2.29. The first-order valence-electron chi connectivity index (χ1n) is 9.48. The third kappa shape index (κ3) is 6.04. The lowest BCUT2D eigenvalue weighted by atomic mass is 9.99. The number of anilines is 1. The molecule has 0 atom stereocenters. The van der Waals surface area contributed by atoms with Crippen LogP contribution in [0.25, 0.3) is 0 Å². The summed E-state index contributed by atoms with van der Waals surface area (Å²) in [6.45, 7) is 7.39. The summed E-state index contributed by atoms with van der Waals surface area (Å²) in [7, 11) is 0. The van der Waals surface area contributed by atoms with E-state index in [1.807, 2.05) is 6.92 Å². The largest absolute Gasteiger partial charge is 0.461 e. The first-order chi connectivity index (χ1) is 14.0. The first-order valence-corrected chi connectivity index (χ1v) is 9.48. The number of hydrogen-bond acceptors (Lipinski definition) is 6. The molecular weight excluding hydrogens is 370 g/mol. The maximum atomic E-state index is 12.6. The van der Waals surface area contributed by atoms with Gasteiger partial charge in [-0.15, -0.1) is 0 Å². The second-order valence-electron chi connectivity index (χ2n) is 6.27. The number of carbonyl (C=O) groups is 3. The lowest BCUT2D eigenvalue weighted by Crippen LogP contribution is -2.16. The van der Waals surface area contributed by atoms with Crippen LogP contribution in [-0.4, -0.2) is 24.3 Å². The molecule has 0 spiro atoms. The number of ether oxygens (including phenoxy) is 2. The van der Waals surface area contributed by atoms with Crippen LogP contribution < -0.4 is 5.32 Å². The van der Waals surface area contributed by atoms with E-state index in [-0.39, 0.29) is 24.7 Å². The van der Waals surface area contributed by atoms with Crippen LogP contribution in [0, 0.1) is 0 Å². The van der Waals surface area contributed by atoms with E-state index in [1.54, 1.807) is 55.5 Å². The van der Waals surface area contributed by atoms with Crippen LogP contribution in [0.2, 0.25) is 0 Å². The van der Waals surface area contributed by atoms with Gasteiger partial charge in [-0.1, -0.05) is 43.8 Å². The molecular formula is C23H25NO5. The first kappa shape index (κ1) is 21.9. The summed E-state index contributed by atoms with van der Waals surface area (Å²) in [4.78, 5) is 36.8. The van der Waals surface area contributed by atoms with Crippen LogP contribution in [0.3, 0.4) is 0 Å². The van der Waals surface area contributed by atoms with Gasteiger partial charge in [0, 0.05) is 23.2 Å². The molecule has 0 radical (unpaired) electrons. The Morgan fingerprint density at radius 3 is 2.34 bits per heavy atom. The van der Waals surface area contributed by atoms with Gasteiger partial charge in [0.25, 0.3) is 0 Å². The van der Waals surface area contributed by atoms with Crippen molar-refractivity contribution in [3.05, 3.63) is 77.5 Å². The smallest absolute Gasteiger partial charge is 0.354 e. The summed E-state index contributed by atoms with van der Waals surface area (Å²) in [6.07, 6.45) is 1.05. The van der Waals surface area contributed by atoms with Crippen molar-refractivity contribution in [3.8, 4) is 0 Å². The van der Waals surface area contributed by atoms with E-state index in [9.17, 15) is 14.4 Å². The average molecular weight is 395 g/mol. The van der Waals surface area contributed by atoms with Crippen LogP contribution in [0.4, 0.5) is 5.69 Å². The number of benzene rings is 2. The summed E-state index contributed by atoms with van der Waals surface area (Å²) < 4.78 is 10.4. The van der Waals surface area contributed by atoms with E-state index in [0.29, 0.717) is 35.2 Å². The van der Waals surface area contributed by atoms with Gasteiger partial charge in [0.1, 0.15) is 12.3 Å². The molecule has 6 heteroatoms. The van der Waals surface area contributed by atoms with Gasteiger partial charge in [-0.25, -0.2) is 9.59 Å². The maximum Gasteiger partial charge on any atom is 0.354 e. The number of rotatable bonds is 10. The van der Waals surface area contributed by atoms with E-state index in [0.717, 1.165) is 0 Å². The standard InChI is InChI=1S/C23H25NO5/c1-4-10-21(25)18-13-9-14-20(24-16(3)22(26)28-5-2)19(18)15-29-23(27)17-11-7-6-8-12-17/h6-9,11-14,24H,3-5,10,15H2,1-2H3. The molecule has 2 aromatic carbocycles. The van der Waals surface area contributed by atoms with Crippen LogP contribution >= 0.6 is 0 Å². The molecule has 0 aliphatic heterocycles. The molecule has 0 amide bonds. The third-order valence-electron chi connectivity index (χ3n) is 4.12. The number of carbonyl (C=O) groups excluding carboxylic acids is 3. The molecule has 0 aliphatic carbocycles. The zero-order valence-corrected chi connectivity index (χ0v) is 16.7. The lowest BCUT2D eigenvalue weighted by molar-refractivity contribution is -0.138. The van der Waals surface area contributed by atoms with Crippen LogP contribution in [0.5, 0.6) is 0 Å². The topological polar surface area (TPSA) is 81.7 Å². The number of nitrogens with one attached hydrogen (secondary N) is 1. The minimum Gasteiger partial charge on any atom is -0.461 e. The zero-order valence-electron chi connectivity index (χ0n) is 16.7. The molecule has 0 unspecified atom stereocenters. The Bertz CT molecular complexity index is 889. The van der Waals surface area contributed by atoms with Gasteiger partial charge in [-0.3, -0.25) is 4.79 Å². The molecule has 0 bridgehead atoms. The predicted octanol–water partition coefficient (Wildman–Crippen LogP) is 4.52. The minimum atomic E-state index is -0.593. The average Bonchev–Trinajstić information content (AvgIpc) is 2.73. The van der Waals surface area contributed by atoms with E-state index in [4.69, 9.17) is 9.47 Å². The molecule has 29 heavy (non-hydrogen) atoms. The monoisotopic (exact) mass is 395 g/mol. The van der Waals surface area contributed by atoms with Crippen LogP contribution in [0.15, 0.2) is 60.8 Å². The summed E-state index contributed by atoms with van der Waals surface area (Å²) in [5.74, 6) is -1.16. The van der Waals surface area contributed by atoms with E-state index < -0.39 is 11.9 Å². The number of Topliss-reactive ketones (excluding diaryl/α,β-unsaturated/α-hetero) is 1. The fraction of sp³-hybridized carbons (Fsp3) is 0.261. The molecule has 2 rings (SSSR count). The summed E-state index contributed by atoms with van der Waals surface area (Å²) in [6, 6.07) is 13.7. The highest BCUT2D eigenvalue weighted by atomic mass is 16.5. The van der Waals surface area contributed by atoms with Gasteiger partial charge in [-0.05, 0) is 31.5 Å². The normalized spacial score (nSPS) is 10.1. The Morgan fingerprint density at radius 2 is 1.69 bits per heavy atom. The summed E-state index contributed by atoms with van der Waals surface area (Å²) in [5.41, 5.74) is 1.83. The summed E-state index contributed by atoms with van der Waals surface area (Å²) >= 11 is 0. The van der Waals surface area contributed by atoms with Gasteiger partial charge in [0.05, 0.1) is 12.2 Å². The van der Waals surface area contributed by atoms with Crippen molar-refractivity contribution in [2.75, 3.05) is 11.9 Å². The van der Waals surface area contributed by atoms with E-state index in [2.05, 4.69) is 11.9 Å². The molecule has 0 aromatic heterocycles. The number of hydrogen-bond donors (Lipinski definition) is 1. The number of esters is 2. The van der Waals surface area contributed by atoms with Crippen molar-refractivity contribution in [1.82, 2.24) is 0 Å². The molecule has 6 nitrogen and oxygen atoms in total. The predicted molar refractivity (Wildman–Crippen MR) is 111 cm³/mol. The van der Waals surface area contributed by atoms with E-state index in [1.165, 1.54) is 0 Å². The zero-order chi connectivity index (χ0) is 21.2. The van der Waals surface area contributed by atoms with Crippen molar-refractivity contribution < 1.29 is 23.9 Å². The van der Waals surface area contributed by atoms with Gasteiger partial charge < -0.3 is 14.8 Å². The second-order valence-corrected chi connectivity index (χ2v) is 6.27. The molecule has 0 fully saturated rings. The minimum absolute atomic E-state index is 0.0302. The lowest BCUT2D eigenvalue weighted by Gasteiger charge is -2.17. The fourth-order valence-electron chi connectivity index (χ4n) is 2.71. The second kappa shape index (κ2) is 10.8. The van der Waals surface area contributed by atoms with Crippen molar-refractivity contribution in [2.24, 2.45) is 0 Å². The molecule has 1 N–H and O–H groups in total. The van der Waals surface area contributed by atoms with Crippen LogP contribution in [-0.2, 0) is 20.9 Å². The Labute approximate surface area is 170 Å². The molecule has 2 aromatic rings. The van der Waals surface area contributed by atoms with Gasteiger partial charge >= 0.3 is 11.9 Å². The quantitative estimate of drug-likeness (QED) is 0.362. The van der Waals surface area contributed by atoms with Gasteiger partial charge in [-0.2, -0.15) is 0 Å². The van der Waals surface area contributed by atoms with Crippen molar-refractivity contribution in [3.63, 3.8) is 0 Å². The molecule has 152 valence electrons. The SMILES string of the molecule is C=C(Nc1cccc(C(=O)CCC)c1COC(=O)c1ccccc1)C(=O)OCC. The molecule has 0 saturated heterocycles. The fourth-order valence-corrected chi connectivity index (χ4v) is 2.71. The molecule has 0 aliphatic rings. The highest BCUT2D eigenvalue weighted by Crippen LogP contribution is 2.25. The Kier molecular flexibility index (Phi) is 8.15. The molecule has 0 saturated carbocycles. The number of ketones is 1. The third-order valence-corrected chi connectivity index (χ3v) is 4.12. The van der Waals surface area contributed by atoms with Crippen molar-refractivity contribution in [2.45, 2.75) is 33.3 Å². The Morgan fingerprint density at radius 1 is 0.966 bits per heavy atom. The Hall–Kier alpha value is -3.41. The van der Waals surface area contributed by atoms with E-state index >= 15 is 0 Å². The van der Waals surface area contributed by atoms with Gasteiger partial charge in [0.2, 0.25) is 0 Å². The summed E-state index contributed by atoms with van der Waals surface area (Å²) in [5, 5.41) is 2.88. The highest BCUT2D eigenvalue weighted by Gasteiger charge is 2.18. The maximum absolute atomic E-state index is 12.6. The molecule has 0 heterocycles. The van der Waals surface area contributed by atoms with Crippen molar-refractivity contribution >= 4 is 23.4 Å².